The number of carbonyl (C=O) groups excluding carboxylic acids is 1. The van der Waals surface area contributed by atoms with Crippen LogP contribution in [0.5, 0.6) is 0 Å². The summed E-state index contributed by atoms with van der Waals surface area (Å²) in [5.41, 5.74) is -0.106. The third kappa shape index (κ3) is 13.1. The molecular formula is C28H55FO. The fraction of sp³-hybridized carbons (Fsp3) is 0.964. The van der Waals surface area contributed by atoms with E-state index in [0.29, 0.717) is 17.6 Å². The first-order chi connectivity index (χ1) is 14.5. The Hall–Kier alpha value is -0.400. The van der Waals surface area contributed by atoms with Crippen molar-refractivity contribution in [2.24, 2.45) is 17.3 Å². The number of halogens is 1. The summed E-state index contributed by atoms with van der Waals surface area (Å²) in [6.07, 6.45) is 21.3. The van der Waals surface area contributed by atoms with E-state index in [0.717, 1.165) is 51.4 Å². The van der Waals surface area contributed by atoms with Gasteiger partial charge in [0.2, 0.25) is 0 Å². The smallest absolute Gasteiger partial charge is 0.135 e. The molecule has 0 amide bonds. The van der Waals surface area contributed by atoms with Crippen LogP contribution in [-0.2, 0) is 4.79 Å². The van der Waals surface area contributed by atoms with Gasteiger partial charge in [-0.25, -0.2) is 0 Å². The molecule has 0 saturated carbocycles. The molecule has 0 aliphatic carbocycles. The summed E-state index contributed by atoms with van der Waals surface area (Å²) in [5.74, 6) is 1.69. The highest BCUT2D eigenvalue weighted by molar-refractivity contribution is 5.82. The fourth-order valence-corrected chi connectivity index (χ4v) is 5.33. The molecule has 0 aliphatic rings. The van der Waals surface area contributed by atoms with Crippen LogP contribution in [0.4, 0.5) is 4.39 Å². The first-order valence-electron chi connectivity index (χ1n) is 13.6. The van der Waals surface area contributed by atoms with Crippen molar-refractivity contribution in [2.45, 2.75) is 150 Å². The van der Waals surface area contributed by atoms with Gasteiger partial charge in [0.15, 0.2) is 0 Å². The van der Waals surface area contributed by atoms with E-state index in [2.05, 4.69) is 27.7 Å². The highest BCUT2D eigenvalue weighted by Gasteiger charge is 2.35. The molecule has 0 fully saturated rings. The molecule has 0 heterocycles. The van der Waals surface area contributed by atoms with E-state index in [9.17, 15) is 9.18 Å². The first-order valence-corrected chi connectivity index (χ1v) is 13.6. The SMILES string of the molecule is CCCCCC(CCCCC)CC(CC)(CCCCCC(CCC)CCF)C(C)=O. The van der Waals surface area contributed by atoms with E-state index < -0.39 is 0 Å². The minimum atomic E-state index is -0.175. The largest absolute Gasteiger partial charge is 0.299 e. The van der Waals surface area contributed by atoms with Crippen molar-refractivity contribution in [3.8, 4) is 0 Å². The normalized spacial score (nSPS) is 14.8. The van der Waals surface area contributed by atoms with Crippen molar-refractivity contribution in [3.05, 3.63) is 0 Å². The summed E-state index contributed by atoms with van der Waals surface area (Å²) in [5, 5.41) is 0. The number of hydrogen-bond acceptors (Lipinski definition) is 1. The fourth-order valence-electron chi connectivity index (χ4n) is 5.33. The second-order valence-corrected chi connectivity index (χ2v) is 9.98. The zero-order chi connectivity index (χ0) is 22.7. The molecule has 0 rings (SSSR count). The Bertz CT molecular complexity index is 378. The molecular weight excluding hydrogens is 371 g/mol. The van der Waals surface area contributed by atoms with E-state index in [4.69, 9.17) is 0 Å². The second-order valence-electron chi connectivity index (χ2n) is 9.98. The molecule has 0 spiro atoms. The Morgan fingerprint density at radius 1 is 0.700 bits per heavy atom. The Morgan fingerprint density at radius 2 is 1.27 bits per heavy atom. The Labute approximate surface area is 189 Å². The molecule has 2 unspecified atom stereocenters. The average Bonchev–Trinajstić information content (AvgIpc) is 2.72. The summed E-state index contributed by atoms with van der Waals surface area (Å²) in [6.45, 7) is 10.6. The van der Waals surface area contributed by atoms with E-state index >= 15 is 0 Å². The molecule has 30 heavy (non-hydrogen) atoms. The molecule has 1 nitrogen and oxygen atoms in total. The maximum absolute atomic E-state index is 12.8. The monoisotopic (exact) mass is 426 g/mol. The van der Waals surface area contributed by atoms with Crippen molar-refractivity contribution >= 4 is 5.78 Å². The lowest BCUT2D eigenvalue weighted by Crippen LogP contribution is -2.31. The van der Waals surface area contributed by atoms with Crippen LogP contribution in [-0.4, -0.2) is 12.5 Å². The molecule has 180 valence electrons. The number of hydrogen-bond donors (Lipinski definition) is 0. The molecule has 0 aromatic rings. The molecule has 0 saturated heterocycles. The van der Waals surface area contributed by atoms with E-state index in [1.54, 1.807) is 0 Å². The highest BCUT2D eigenvalue weighted by Crippen LogP contribution is 2.40. The quantitative estimate of drug-likeness (QED) is 0.157. The molecule has 0 N–H and O–H groups in total. The summed E-state index contributed by atoms with van der Waals surface area (Å²) in [7, 11) is 0. The maximum atomic E-state index is 12.8. The molecule has 0 aromatic heterocycles. The Kier molecular flexibility index (Phi) is 19.0. The number of ketones is 1. The zero-order valence-electron chi connectivity index (χ0n) is 21.4. The standard InChI is InChI=1S/C28H55FO/c1-6-10-13-19-27(20-14-11-7-2)24-28(9-4,25(5)30)22-16-12-15-18-26(17-8-3)21-23-29/h26-27H,6-24H2,1-5H3. The second kappa shape index (κ2) is 19.3. The molecule has 0 aromatic carbocycles. The van der Waals surface area contributed by atoms with Crippen LogP contribution >= 0.6 is 0 Å². The van der Waals surface area contributed by atoms with Crippen molar-refractivity contribution in [3.63, 3.8) is 0 Å². The van der Waals surface area contributed by atoms with Gasteiger partial charge in [-0.3, -0.25) is 9.18 Å². The van der Waals surface area contributed by atoms with Crippen molar-refractivity contribution in [1.29, 1.82) is 0 Å². The number of carbonyl (C=O) groups is 1. The van der Waals surface area contributed by atoms with Crippen LogP contribution < -0.4 is 0 Å². The van der Waals surface area contributed by atoms with Gasteiger partial charge in [0.25, 0.3) is 0 Å². The third-order valence-corrected chi connectivity index (χ3v) is 7.52. The lowest BCUT2D eigenvalue weighted by molar-refractivity contribution is -0.128. The van der Waals surface area contributed by atoms with Gasteiger partial charge in [0, 0.05) is 5.41 Å². The predicted molar refractivity (Wildman–Crippen MR) is 132 cm³/mol. The van der Waals surface area contributed by atoms with Crippen LogP contribution in [0, 0.1) is 17.3 Å². The lowest BCUT2D eigenvalue weighted by atomic mass is 9.69. The summed E-state index contributed by atoms with van der Waals surface area (Å²) < 4.78 is 12.7. The van der Waals surface area contributed by atoms with E-state index in [1.165, 1.54) is 64.2 Å². The van der Waals surface area contributed by atoms with Crippen LogP contribution in [0.25, 0.3) is 0 Å². The Balaban J connectivity index is 4.74. The lowest BCUT2D eigenvalue weighted by Gasteiger charge is -2.34. The number of unbranched alkanes of at least 4 members (excludes halogenated alkanes) is 6. The van der Waals surface area contributed by atoms with Crippen LogP contribution in [0.3, 0.4) is 0 Å². The highest BCUT2D eigenvalue weighted by atomic mass is 19.1. The summed E-state index contributed by atoms with van der Waals surface area (Å²) in [4.78, 5) is 12.8. The summed E-state index contributed by atoms with van der Waals surface area (Å²) >= 11 is 0. The van der Waals surface area contributed by atoms with Gasteiger partial charge in [-0.15, -0.1) is 0 Å². The van der Waals surface area contributed by atoms with Gasteiger partial charge in [0.1, 0.15) is 5.78 Å². The number of alkyl halides is 1. The molecule has 2 heteroatoms. The summed E-state index contributed by atoms with van der Waals surface area (Å²) in [6, 6.07) is 0. The molecule has 2 atom stereocenters. The van der Waals surface area contributed by atoms with Crippen molar-refractivity contribution in [1.82, 2.24) is 0 Å². The molecule has 0 bridgehead atoms. The van der Waals surface area contributed by atoms with E-state index in [-0.39, 0.29) is 12.1 Å². The van der Waals surface area contributed by atoms with Gasteiger partial charge < -0.3 is 0 Å². The van der Waals surface area contributed by atoms with Crippen molar-refractivity contribution < 1.29 is 9.18 Å². The third-order valence-electron chi connectivity index (χ3n) is 7.52. The van der Waals surface area contributed by atoms with Gasteiger partial charge in [-0.05, 0) is 44.4 Å². The Morgan fingerprint density at radius 3 is 1.73 bits per heavy atom. The topological polar surface area (TPSA) is 17.1 Å². The number of Topliss-reactive ketones (excluding diaryl/α,β-unsaturated/α-hetero) is 1. The van der Waals surface area contributed by atoms with E-state index in [1.807, 2.05) is 6.92 Å². The zero-order valence-corrected chi connectivity index (χ0v) is 21.4. The molecule has 0 aliphatic heterocycles. The van der Waals surface area contributed by atoms with Crippen LogP contribution in [0.15, 0.2) is 0 Å². The van der Waals surface area contributed by atoms with Crippen molar-refractivity contribution in [2.75, 3.05) is 6.67 Å². The van der Waals surface area contributed by atoms with Crippen LogP contribution in [0.1, 0.15) is 150 Å². The van der Waals surface area contributed by atoms with Gasteiger partial charge >= 0.3 is 0 Å². The predicted octanol–water partition coefficient (Wildman–Crippen LogP) is 9.87. The maximum Gasteiger partial charge on any atom is 0.135 e. The van der Waals surface area contributed by atoms with Gasteiger partial charge in [-0.1, -0.05) is 118 Å². The van der Waals surface area contributed by atoms with Gasteiger partial charge in [0.05, 0.1) is 6.67 Å². The minimum absolute atomic E-state index is 0.106. The number of rotatable bonds is 22. The average molecular weight is 427 g/mol. The minimum Gasteiger partial charge on any atom is -0.299 e. The van der Waals surface area contributed by atoms with Crippen LogP contribution in [0.2, 0.25) is 0 Å². The first kappa shape index (κ1) is 29.6. The van der Waals surface area contributed by atoms with Gasteiger partial charge in [-0.2, -0.15) is 0 Å². The molecule has 0 radical (unpaired) electrons.